The van der Waals surface area contributed by atoms with E-state index < -0.39 is 0 Å². The van der Waals surface area contributed by atoms with E-state index in [-0.39, 0.29) is 25.6 Å². The molecule has 4 heteroatoms. The van der Waals surface area contributed by atoms with Crippen molar-refractivity contribution in [3.05, 3.63) is 60.3 Å². The van der Waals surface area contributed by atoms with Gasteiger partial charge in [-0.1, -0.05) is 120 Å². The lowest BCUT2D eigenvalue weighted by Gasteiger charge is -2.34. The number of hydrogen-bond donors (Lipinski definition) is 2. The fraction of sp³-hybridized carbons (Fsp3) is 0.655. The fourth-order valence-corrected chi connectivity index (χ4v) is 4.33. The van der Waals surface area contributed by atoms with E-state index >= 15 is 0 Å². The Morgan fingerprint density at radius 1 is 0.697 bits per heavy atom. The van der Waals surface area contributed by atoms with E-state index in [1.165, 1.54) is 82.6 Å². The van der Waals surface area contributed by atoms with Gasteiger partial charge in [0.05, 0.1) is 19.4 Å². The molecule has 1 aromatic rings. The molecular weight excluding hydrogens is 430 g/mol. The second kappa shape index (κ2) is 22.7. The van der Waals surface area contributed by atoms with Gasteiger partial charge in [-0.15, -0.1) is 0 Å². The Morgan fingerprint density at radius 3 is 1.73 bits per heavy atom. The van der Waals surface area contributed by atoms with Gasteiger partial charge in [0.2, 0.25) is 0 Å². The minimum atomic E-state index is 0. The van der Waals surface area contributed by atoms with E-state index in [1.807, 2.05) is 18.2 Å². The zero-order chi connectivity index (χ0) is 23.2. The normalized spacial score (nSPS) is 12.0. The minimum absolute atomic E-state index is 0. The summed E-state index contributed by atoms with van der Waals surface area (Å²) in [5.41, 5.74) is 1.22. The van der Waals surface area contributed by atoms with Crippen molar-refractivity contribution >= 4 is 0 Å². The van der Waals surface area contributed by atoms with Gasteiger partial charge in [-0.25, -0.2) is 0 Å². The summed E-state index contributed by atoms with van der Waals surface area (Å²) in [6.45, 7) is 4.50. The molecule has 0 heterocycles. The third kappa shape index (κ3) is 17.0. The molecule has 33 heavy (non-hydrogen) atoms. The highest BCUT2D eigenvalue weighted by Crippen LogP contribution is 2.16. The first-order valence-corrected chi connectivity index (χ1v) is 13.2. The summed E-state index contributed by atoms with van der Waals surface area (Å²) in [6, 6.07) is 10.3. The molecule has 0 spiro atoms. The molecule has 0 aliphatic carbocycles. The molecule has 0 amide bonds. The van der Waals surface area contributed by atoms with Crippen molar-refractivity contribution in [1.82, 2.24) is 0 Å². The molecule has 0 saturated carbocycles. The number of aliphatic hydroxyl groups excluding tert-OH is 2. The Morgan fingerprint density at radius 2 is 1.21 bits per heavy atom. The first kappa shape index (κ1) is 31.9. The molecule has 0 aliphatic heterocycles. The monoisotopic (exact) mass is 479 g/mol. The van der Waals surface area contributed by atoms with E-state index in [0.29, 0.717) is 17.6 Å². The molecule has 0 aromatic heterocycles. The molecule has 0 saturated heterocycles. The number of aliphatic hydroxyl groups is 2. The largest absolute Gasteiger partial charge is 1.00 e. The van der Waals surface area contributed by atoms with Crippen molar-refractivity contribution in [3.8, 4) is 0 Å². The van der Waals surface area contributed by atoms with Crippen molar-refractivity contribution < 1.29 is 27.1 Å². The number of benzene rings is 1. The van der Waals surface area contributed by atoms with Crippen molar-refractivity contribution in [3.63, 3.8) is 0 Å². The highest BCUT2D eigenvalue weighted by molar-refractivity contribution is 5.13. The SMILES string of the molecule is CCCCCCCCCCCCCC/C=C/C=C/[N+](CCO)(CCO)Cc1ccccc1.[Cl-]. The van der Waals surface area contributed by atoms with Crippen LogP contribution in [0.1, 0.15) is 96.0 Å². The molecule has 190 valence electrons. The summed E-state index contributed by atoms with van der Waals surface area (Å²) in [4.78, 5) is 0. The Balaban J connectivity index is 0.0000102. The molecule has 0 atom stereocenters. The molecule has 0 radical (unpaired) electrons. The molecule has 3 nitrogen and oxygen atoms in total. The predicted octanol–water partition coefficient (Wildman–Crippen LogP) is 4.15. The zero-order valence-electron chi connectivity index (χ0n) is 21.1. The number of allylic oxidation sites excluding steroid dienone is 3. The first-order chi connectivity index (χ1) is 15.8. The number of hydrogen-bond acceptors (Lipinski definition) is 2. The standard InChI is InChI=1S/C29H50NO2.ClH/c1-2-3-4-5-6-7-8-9-10-11-12-13-14-15-16-20-23-30(24-26-31,25-27-32)28-29-21-18-17-19-22-29;/h15-23,31-32H,2-14,24-28H2,1H3;1H/q+1;/p-1/b16-15+,23-20+;. The van der Waals surface area contributed by atoms with E-state index in [2.05, 4.69) is 43.5 Å². The van der Waals surface area contributed by atoms with Gasteiger partial charge in [0.25, 0.3) is 0 Å². The summed E-state index contributed by atoms with van der Waals surface area (Å²) in [5.74, 6) is 0. The van der Waals surface area contributed by atoms with Gasteiger partial charge in [0.1, 0.15) is 19.6 Å². The summed E-state index contributed by atoms with van der Waals surface area (Å²) in [5, 5.41) is 19.2. The average Bonchev–Trinajstić information content (AvgIpc) is 2.80. The van der Waals surface area contributed by atoms with E-state index in [1.54, 1.807) is 0 Å². The molecule has 1 rings (SSSR count). The van der Waals surface area contributed by atoms with Crippen LogP contribution >= 0.6 is 0 Å². The van der Waals surface area contributed by atoms with Gasteiger partial charge in [-0.3, -0.25) is 4.48 Å². The summed E-state index contributed by atoms with van der Waals surface area (Å²) in [7, 11) is 0. The van der Waals surface area contributed by atoms with Gasteiger partial charge in [0.15, 0.2) is 0 Å². The topological polar surface area (TPSA) is 40.5 Å². The van der Waals surface area contributed by atoms with Gasteiger partial charge >= 0.3 is 0 Å². The zero-order valence-corrected chi connectivity index (χ0v) is 21.9. The van der Waals surface area contributed by atoms with Crippen molar-refractivity contribution in [2.24, 2.45) is 0 Å². The molecule has 2 N–H and O–H groups in total. The van der Waals surface area contributed by atoms with Crippen LogP contribution < -0.4 is 12.4 Å². The lowest BCUT2D eigenvalue weighted by molar-refractivity contribution is -0.893. The van der Waals surface area contributed by atoms with Gasteiger partial charge < -0.3 is 22.6 Å². The third-order valence-electron chi connectivity index (χ3n) is 6.30. The number of halogens is 1. The predicted molar refractivity (Wildman–Crippen MR) is 138 cm³/mol. The quantitative estimate of drug-likeness (QED) is 0.158. The summed E-state index contributed by atoms with van der Waals surface area (Å²) in [6.07, 6.45) is 26.4. The number of quaternary nitrogens is 1. The maximum absolute atomic E-state index is 9.59. The Hall–Kier alpha value is -1.13. The summed E-state index contributed by atoms with van der Waals surface area (Å²) >= 11 is 0. The molecular formula is C29H50ClNO2. The van der Waals surface area contributed by atoms with Crippen molar-refractivity contribution in [2.75, 3.05) is 26.3 Å². The van der Waals surface area contributed by atoms with Crippen LogP contribution in [0.3, 0.4) is 0 Å². The van der Waals surface area contributed by atoms with Crippen LogP contribution in [0.15, 0.2) is 54.8 Å². The Kier molecular flexibility index (Phi) is 21.9. The fourth-order valence-electron chi connectivity index (χ4n) is 4.33. The third-order valence-corrected chi connectivity index (χ3v) is 6.30. The molecule has 0 fully saturated rings. The first-order valence-electron chi connectivity index (χ1n) is 13.2. The molecule has 1 aromatic carbocycles. The highest BCUT2D eigenvalue weighted by Gasteiger charge is 2.24. The van der Waals surface area contributed by atoms with Crippen LogP contribution in [-0.2, 0) is 6.54 Å². The molecule has 0 unspecified atom stereocenters. The molecule has 0 aliphatic rings. The average molecular weight is 480 g/mol. The van der Waals surface area contributed by atoms with Crippen LogP contribution in [0.25, 0.3) is 0 Å². The van der Waals surface area contributed by atoms with Crippen molar-refractivity contribution in [1.29, 1.82) is 0 Å². The maximum atomic E-state index is 9.59. The number of rotatable bonds is 21. The Bertz CT molecular complexity index is 583. The van der Waals surface area contributed by atoms with E-state index in [9.17, 15) is 10.2 Å². The second-order valence-electron chi connectivity index (χ2n) is 9.20. The van der Waals surface area contributed by atoms with Crippen LogP contribution in [0.2, 0.25) is 0 Å². The Labute approximate surface area is 210 Å². The van der Waals surface area contributed by atoms with E-state index in [4.69, 9.17) is 0 Å². The molecule has 0 bridgehead atoms. The highest BCUT2D eigenvalue weighted by atomic mass is 35.5. The van der Waals surface area contributed by atoms with Gasteiger partial charge in [0, 0.05) is 5.56 Å². The second-order valence-corrected chi connectivity index (χ2v) is 9.20. The minimum Gasteiger partial charge on any atom is -1.00 e. The number of nitrogens with zero attached hydrogens (tertiary/aromatic N) is 1. The van der Waals surface area contributed by atoms with Gasteiger partial charge in [-0.05, 0) is 18.9 Å². The van der Waals surface area contributed by atoms with Gasteiger partial charge in [-0.2, -0.15) is 0 Å². The van der Waals surface area contributed by atoms with Crippen molar-refractivity contribution in [2.45, 2.75) is 96.9 Å². The lowest BCUT2D eigenvalue weighted by Crippen LogP contribution is -3.00. The number of unbranched alkanes of at least 4 members (excludes halogenated alkanes) is 12. The smallest absolute Gasteiger partial charge is 0.109 e. The lowest BCUT2D eigenvalue weighted by atomic mass is 10.0. The summed E-state index contributed by atoms with van der Waals surface area (Å²) < 4.78 is 0.569. The van der Waals surface area contributed by atoms with Crippen LogP contribution in [0.4, 0.5) is 0 Å². The maximum Gasteiger partial charge on any atom is 0.109 e. The van der Waals surface area contributed by atoms with E-state index in [0.717, 1.165) is 13.0 Å². The van der Waals surface area contributed by atoms with Crippen LogP contribution in [0.5, 0.6) is 0 Å². The van der Waals surface area contributed by atoms with Crippen LogP contribution in [-0.4, -0.2) is 41.0 Å². The van der Waals surface area contributed by atoms with Crippen LogP contribution in [0, 0.1) is 0 Å².